The van der Waals surface area contributed by atoms with Crippen LogP contribution in [-0.4, -0.2) is 16.4 Å². The highest BCUT2D eigenvalue weighted by molar-refractivity contribution is 6.00. The average molecular weight is 336 g/mol. The fraction of sp³-hybridized carbons (Fsp3) is 0.211. The van der Waals surface area contributed by atoms with E-state index in [1.54, 1.807) is 31.2 Å². The van der Waals surface area contributed by atoms with Gasteiger partial charge in [-0.05, 0) is 37.6 Å². The maximum Gasteiger partial charge on any atom is 0.256 e. The van der Waals surface area contributed by atoms with Crippen molar-refractivity contribution < 1.29 is 9.18 Å². The fourth-order valence-electron chi connectivity index (χ4n) is 2.06. The molecule has 0 aliphatic heterocycles. The predicted octanol–water partition coefficient (Wildman–Crippen LogP) is 3.37. The molecule has 1 heterocycles. The first-order valence-electron chi connectivity index (χ1n) is 7.64. The van der Waals surface area contributed by atoms with E-state index >= 15 is 0 Å². The van der Waals surface area contributed by atoms with Crippen LogP contribution in [0.25, 0.3) is 0 Å². The molecule has 1 aromatic carbocycles. The van der Waals surface area contributed by atoms with E-state index < -0.39 is 17.3 Å². The van der Waals surface area contributed by atoms with Gasteiger partial charge in [0.25, 0.3) is 5.91 Å². The van der Waals surface area contributed by atoms with E-state index in [4.69, 9.17) is 11.7 Å². The van der Waals surface area contributed by atoms with E-state index in [1.165, 1.54) is 0 Å². The van der Waals surface area contributed by atoms with E-state index in [0.29, 0.717) is 17.7 Å². The van der Waals surface area contributed by atoms with Gasteiger partial charge < -0.3 is 10.6 Å². The number of nitriles is 1. The predicted molar refractivity (Wildman–Crippen MR) is 93.6 cm³/mol. The molecular formula is C19H17FN4O. The number of rotatable bonds is 5. The number of hydrogen-bond acceptors (Lipinski definition) is 4. The van der Waals surface area contributed by atoms with Gasteiger partial charge in [-0.2, -0.15) is 5.26 Å². The number of halogens is 1. The molecule has 1 unspecified atom stereocenters. The molecule has 0 aliphatic rings. The van der Waals surface area contributed by atoms with Crippen LogP contribution in [0.2, 0.25) is 0 Å². The second-order valence-electron chi connectivity index (χ2n) is 5.65. The zero-order valence-corrected chi connectivity index (χ0v) is 13.9. The summed E-state index contributed by atoms with van der Waals surface area (Å²) in [5.74, 6) is 1.52. The lowest BCUT2D eigenvalue weighted by Crippen LogP contribution is -2.44. The van der Waals surface area contributed by atoms with Crippen molar-refractivity contribution >= 4 is 17.4 Å². The first-order valence-corrected chi connectivity index (χ1v) is 7.64. The van der Waals surface area contributed by atoms with Gasteiger partial charge in [0.2, 0.25) is 0 Å². The maximum absolute atomic E-state index is 13.6. The van der Waals surface area contributed by atoms with Crippen LogP contribution < -0.4 is 10.6 Å². The second kappa shape index (κ2) is 7.46. The smallest absolute Gasteiger partial charge is 0.256 e. The van der Waals surface area contributed by atoms with Crippen LogP contribution in [0.5, 0.6) is 0 Å². The third-order valence-electron chi connectivity index (χ3n) is 3.77. The number of anilines is 2. The molecule has 126 valence electrons. The molecule has 0 saturated heterocycles. The summed E-state index contributed by atoms with van der Waals surface area (Å²) in [7, 11) is 0. The summed E-state index contributed by atoms with van der Waals surface area (Å²) in [4.78, 5) is 16.5. The van der Waals surface area contributed by atoms with Crippen molar-refractivity contribution in [3.63, 3.8) is 0 Å². The maximum atomic E-state index is 13.6. The minimum Gasteiger partial charge on any atom is -0.340 e. The Morgan fingerprint density at radius 3 is 2.84 bits per heavy atom. The van der Waals surface area contributed by atoms with Crippen molar-refractivity contribution in [2.45, 2.75) is 25.8 Å². The Labute approximate surface area is 145 Å². The Balaban J connectivity index is 2.36. The monoisotopic (exact) mass is 336 g/mol. The number of terminal acetylenes is 1. The standard InChI is InChI=1S/C19H17FN4O/c1-4-19(3,5-2)24-18(25)16-10-14(20)12-22-17(16)23-15-8-6-7-13(9-15)11-21/h1,6-10,12H,5H2,2-3H3,(H,22,23)(H,24,25). The number of nitrogens with zero attached hydrogens (tertiary/aromatic N) is 2. The molecule has 5 nitrogen and oxygen atoms in total. The lowest BCUT2D eigenvalue weighted by molar-refractivity contribution is 0.0924. The molecule has 2 rings (SSSR count). The summed E-state index contributed by atoms with van der Waals surface area (Å²) < 4.78 is 13.6. The number of carbonyl (C=O) groups is 1. The van der Waals surface area contributed by atoms with E-state index in [2.05, 4.69) is 21.5 Å². The zero-order chi connectivity index (χ0) is 18.4. The third kappa shape index (κ3) is 4.33. The molecule has 1 amide bonds. The molecule has 0 fully saturated rings. The summed E-state index contributed by atoms with van der Waals surface area (Å²) in [6.07, 6.45) is 6.99. The Kier molecular flexibility index (Phi) is 5.36. The molecular weight excluding hydrogens is 319 g/mol. The van der Waals surface area contributed by atoms with Gasteiger partial charge in [0.05, 0.1) is 28.9 Å². The van der Waals surface area contributed by atoms with Gasteiger partial charge in [-0.15, -0.1) is 6.42 Å². The normalized spacial score (nSPS) is 12.4. The van der Waals surface area contributed by atoms with Crippen molar-refractivity contribution in [3.05, 3.63) is 53.5 Å². The Morgan fingerprint density at radius 1 is 1.44 bits per heavy atom. The lowest BCUT2D eigenvalue weighted by atomic mass is 9.99. The van der Waals surface area contributed by atoms with Crippen LogP contribution in [0.1, 0.15) is 36.2 Å². The van der Waals surface area contributed by atoms with Crippen LogP contribution >= 0.6 is 0 Å². The summed E-state index contributed by atoms with van der Waals surface area (Å²) in [5.41, 5.74) is 0.185. The SMILES string of the molecule is C#CC(C)(CC)NC(=O)c1cc(F)cnc1Nc1cccc(C#N)c1. The minimum absolute atomic E-state index is 0.0253. The highest BCUT2D eigenvalue weighted by Gasteiger charge is 2.24. The topological polar surface area (TPSA) is 77.8 Å². The van der Waals surface area contributed by atoms with E-state index in [-0.39, 0.29) is 11.4 Å². The van der Waals surface area contributed by atoms with Crippen LogP contribution in [0.15, 0.2) is 36.5 Å². The van der Waals surface area contributed by atoms with Gasteiger partial charge in [0, 0.05) is 5.69 Å². The number of pyridine rings is 1. The Hall–Kier alpha value is -3.38. The first-order chi connectivity index (χ1) is 11.9. The lowest BCUT2D eigenvalue weighted by Gasteiger charge is -2.24. The number of amides is 1. The van der Waals surface area contributed by atoms with Gasteiger partial charge in [-0.25, -0.2) is 9.37 Å². The Morgan fingerprint density at radius 2 is 2.20 bits per heavy atom. The summed E-state index contributed by atoms with van der Waals surface area (Å²) >= 11 is 0. The summed E-state index contributed by atoms with van der Waals surface area (Å²) in [6, 6.07) is 9.77. The largest absolute Gasteiger partial charge is 0.340 e. The molecule has 2 N–H and O–H groups in total. The van der Waals surface area contributed by atoms with Crippen LogP contribution in [0.4, 0.5) is 15.9 Å². The highest BCUT2D eigenvalue weighted by atomic mass is 19.1. The average Bonchev–Trinajstić information content (AvgIpc) is 2.63. The van der Waals surface area contributed by atoms with E-state index in [9.17, 15) is 9.18 Å². The van der Waals surface area contributed by atoms with Gasteiger partial charge in [0.1, 0.15) is 11.6 Å². The molecule has 0 radical (unpaired) electrons. The molecule has 0 bridgehead atoms. The number of carbonyl (C=O) groups excluding carboxylic acids is 1. The van der Waals surface area contributed by atoms with Gasteiger partial charge in [-0.3, -0.25) is 4.79 Å². The molecule has 0 aliphatic carbocycles. The number of aromatic nitrogens is 1. The number of nitrogens with one attached hydrogen (secondary N) is 2. The van der Waals surface area contributed by atoms with Gasteiger partial charge >= 0.3 is 0 Å². The summed E-state index contributed by atoms with van der Waals surface area (Å²) in [5, 5.41) is 14.6. The molecule has 0 spiro atoms. The van der Waals surface area contributed by atoms with Crippen LogP contribution in [0.3, 0.4) is 0 Å². The van der Waals surface area contributed by atoms with Crippen molar-refractivity contribution in [1.29, 1.82) is 5.26 Å². The van der Waals surface area contributed by atoms with Crippen molar-refractivity contribution in [2.75, 3.05) is 5.32 Å². The minimum atomic E-state index is -0.846. The van der Waals surface area contributed by atoms with E-state index in [1.807, 2.05) is 13.0 Å². The van der Waals surface area contributed by atoms with Gasteiger partial charge in [0.15, 0.2) is 0 Å². The van der Waals surface area contributed by atoms with Crippen molar-refractivity contribution in [1.82, 2.24) is 10.3 Å². The molecule has 1 aromatic heterocycles. The molecule has 0 saturated carbocycles. The van der Waals surface area contributed by atoms with Crippen LogP contribution in [-0.2, 0) is 0 Å². The van der Waals surface area contributed by atoms with Crippen molar-refractivity contribution in [3.8, 4) is 18.4 Å². The fourth-order valence-corrected chi connectivity index (χ4v) is 2.06. The van der Waals surface area contributed by atoms with Gasteiger partial charge in [-0.1, -0.05) is 18.9 Å². The zero-order valence-electron chi connectivity index (χ0n) is 13.9. The molecule has 2 aromatic rings. The third-order valence-corrected chi connectivity index (χ3v) is 3.77. The highest BCUT2D eigenvalue weighted by Crippen LogP contribution is 2.21. The summed E-state index contributed by atoms with van der Waals surface area (Å²) in [6.45, 7) is 3.55. The molecule has 6 heteroatoms. The number of hydrogen-bond donors (Lipinski definition) is 2. The quantitative estimate of drug-likeness (QED) is 0.821. The number of benzene rings is 1. The van der Waals surface area contributed by atoms with Crippen molar-refractivity contribution in [2.24, 2.45) is 0 Å². The van der Waals surface area contributed by atoms with E-state index in [0.717, 1.165) is 12.3 Å². The Bertz CT molecular complexity index is 882. The second-order valence-corrected chi connectivity index (χ2v) is 5.65. The van der Waals surface area contributed by atoms with Crippen LogP contribution in [0, 0.1) is 29.5 Å². The first kappa shape index (κ1) is 18.0. The molecule has 1 atom stereocenters. The molecule has 25 heavy (non-hydrogen) atoms.